The number of hydrogen-bond acceptors (Lipinski definition) is 1. The van der Waals surface area contributed by atoms with E-state index in [-0.39, 0.29) is 5.92 Å². The Bertz CT molecular complexity index is 128. The molecule has 1 aliphatic carbocycles. The lowest BCUT2D eigenvalue weighted by atomic mass is 9.89. The average Bonchev–Trinajstić information content (AvgIpc) is 1.88. The topological polar surface area (TPSA) is 37.3 Å². The fourth-order valence-electron chi connectivity index (χ4n) is 1.30. The Hall–Kier alpha value is 0.200. The first-order valence-corrected chi connectivity index (χ1v) is 4.81. The number of carboxylic acid groups (broad SMARTS) is 1. The summed E-state index contributed by atoms with van der Waals surface area (Å²) in [5.41, 5.74) is 0. The first-order chi connectivity index (χ1) is 4.70. The van der Waals surface area contributed by atoms with Crippen LogP contribution in [0.25, 0.3) is 0 Å². The van der Waals surface area contributed by atoms with Crippen molar-refractivity contribution < 1.29 is 9.90 Å². The molecule has 1 saturated carbocycles. The molecule has 3 heteroatoms. The van der Waals surface area contributed by atoms with Gasteiger partial charge in [0.05, 0.1) is 5.92 Å². The lowest BCUT2D eigenvalue weighted by molar-refractivity contribution is -0.142. The molecule has 0 amide bonds. The standard InChI is InChI=1S/C7H11IO2/c8-6-3-1-5(2-4-6)7(9)10/h5-6H,1-4H2,(H,9,10). The van der Waals surface area contributed by atoms with Gasteiger partial charge in [0, 0.05) is 3.92 Å². The van der Waals surface area contributed by atoms with E-state index >= 15 is 0 Å². The minimum Gasteiger partial charge on any atom is -0.481 e. The molecule has 0 spiro atoms. The molecule has 0 bridgehead atoms. The zero-order chi connectivity index (χ0) is 7.56. The predicted octanol–water partition coefficient (Wildman–Crippen LogP) is 2.06. The van der Waals surface area contributed by atoms with Crippen molar-refractivity contribution in [3.05, 3.63) is 0 Å². The fraction of sp³-hybridized carbons (Fsp3) is 0.857. The molecule has 0 aliphatic heterocycles. The highest BCUT2D eigenvalue weighted by molar-refractivity contribution is 14.1. The molecule has 10 heavy (non-hydrogen) atoms. The van der Waals surface area contributed by atoms with Crippen LogP contribution in [0.5, 0.6) is 0 Å². The summed E-state index contributed by atoms with van der Waals surface area (Å²) in [6.07, 6.45) is 3.92. The van der Waals surface area contributed by atoms with Gasteiger partial charge in [0.1, 0.15) is 0 Å². The van der Waals surface area contributed by atoms with E-state index in [9.17, 15) is 4.79 Å². The third-order valence-electron chi connectivity index (χ3n) is 2.01. The van der Waals surface area contributed by atoms with Crippen molar-refractivity contribution in [2.45, 2.75) is 29.6 Å². The van der Waals surface area contributed by atoms with E-state index in [1.807, 2.05) is 0 Å². The zero-order valence-electron chi connectivity index (χ0n) is 5.72. The van der Waals surface area contributed by atoms with Crippen LogP contribution in [0.3, 0.4) is 0 Å². The second-order valence-corrected chi connectivity index (χ2v) is 4.55. The molecular weight excluding hydrogens is 243 g/mol. The normalized spacial score (nSPS) is 33.7. The molecule has 0 aromatic rings. The van der Waals surface area contributed by atoms with Crippen molar-refractivity contribution in [2.75, 3.05) is 0 Å². The molecule has 0 saturated heterocycles. The van der Waals surface area contributed by atoms with E-state index in [1.165, 1.54) is 0 Å². The maximum atomic E-state index is 10.5. The number of carboxylic acids is 1. The summed E-state index contributed by atoms with van der Waals surface area (Å²) in [4.78, 5) is 10.5. The summed E-state index contributed by atoms with van der Waals surface area (Å²) in [5, 5.41) is 8.62. The highest BCUT2D eigenvalue weighted by Gasteiger charge is 2.23. The molecule has 2 nitrogen and oxygen atoms in total. The van der Waals surface area contributed by atoms with E-state index in [2.05, 4.69) is 22.6 Å². The minimum atomic E-state index is -0.608. The summed E-state index contributed by atoms with van der Waals surface area (Å²) < 4.78 is 0.716. The van der Waals surface area contributed by atoms with Gasteiger partial charge < -0.3 is 5.11 Å². The SMILES string of the molecule is O=C(O)C1CCC(I)CC1. The van der Waals surface area contributed by atoms with E-state index in [4.69, 9.17) is 5.11 Å². The average molecular weight is 254 g/mol. The molecule has 58 valence electrons. The molecule has 1 N–H and O–H groups in total. The van der Waals surface area contributed by atoms with E-state index in [0.717, 1.165) is 25.7 Å². The van der Waals surface area contributed by atoms with E-state index < -0.39 is 5.97 Å². The fourth-order valence-corrected chi connectivity index (χ4v) is 2.02. The molecule has 0 atom stereocenters. The number of hydrogen-bond donors (Lipinski definition) is 1. The molecule has 0 unspecified atom stereocenters. The lowest BCUT2D eigenvalue weighted by Crippen LogP contribution is -2.20. The Morgan fingerprint density at radius 2 is 1.80 bits per heavy atom. The quantitative estimate of drug-likeness (QED) is 0.574. The second-order valence-electron chi connectivity index (χ2n) is 2.79. The molecule has 0 radical (unpaired) electrons. The first kappa shape index (κ1) is 8.30. The van der Waals surface area contributed by atoms with Crippen LogP contribution in [0.4, 0.5) is 0 Å². The smallest absolute Gasteiger partial charge is 0.306 e. The number of carbonyl (C=O) groups is 1. The van der Waals surface area contributed by atoms with Crippen LogP contribution in [0.2, 0.25) is 0 Å². The van der Waals surface area contributed by atoms with Crippen molar-refractivity contribution >= 4 is 28.6 Å². The van der Waals surface area contributed by atoms with Gasteiger partial charge >= 0.3 is 5.97 Å². The summed E-state index contributed by atoms with van der Waals surface area (Å²) in [6.45, 7) is 0. The van der Waals surface area contributed by atoms with Crippen molar-refractivity contribution in [1.82, 2.24) is 0 Å². The predicted molar refractivity (Wildman–Crippen MR) is 47.4 cm³/mol. The van der Waals surface area contributed by atoms with Crippen LogP contribution < -0.4 is 0 Å². The number of alkyl halides is 1. The van der Waals surface area contributed by atoms with E-state index in [0.29, 0.717) is 3.92 Å². The third kappa shape index (κ3) is 2.11. The Labute approximate surface area is 74.1 Å². The first-order valence-electron chi connectivity index (χ1n) is 3.57. The number of halogens is 1. The highest BCUT2D eigenvalue weighted by atomic mass is 127. The molecule has 0 heterocycles. The van der Waals surface area contributed by atoms with Crippen LogP contribution in [-0.2, 0) is 4.79 Å². The van der Waals surface area contributed by atoms with Crippen LogP contribution in [0.15, 0.2) is 0 Å². The van der Waals surface area contributed by atoms with Crippen LogP contribution >= 0.6 is 22.6 Å². The Morgan fingerprint density at radius 1 is 1.30 bits per heavy atom. The summed E-state index contributed by atoms with van der Waals surface area (Å²) >= 11 is 2.40. The molecular formula is C7H11IO2. The Balaban J connectivity index is 2.33. The highest BCUT2D eigenvalue weighted by Crippen LogP contribution is 2.28. The number of aliphatic carboxylic acids is 1. The van der Waals surface area contributed by atoms with Crippen LogP contribution in [0.1, 0.15) is 25.7 Å². The van der Waals surface area contributed by atoms with Gasteiger partial charge in [-0.25, -0.2) is 0 Å². The maximum absolute atomic E-state index is 10.5. The van der Waals surface area contributed by atoms with Gasteiger partial charge in [-0.2, -0.15) is 0 Å². The molecule has 0 aromatic heterocycles. The number of rotatable bonds is 1. The van der Waals surface area contributed by atoms with Crippen molar-refractivity contribution in [2.24, 2.45) is 5.92 Å². The van der Waals surface area contributed by atoms with Gasteiger partial charge in [-0.3, -0.25) is 4.79 Å². The summed E-state index contributed by atoms with van der Waals surface area (Å²) in [6, 6.07) is 0. The van der Waals surface area contributed by atoms with Gasteiger partial charge in [0.15, 0.2) is 0 Å². The largest absolute Gasteiger partial charge is 0.481 e. The second kappa shape index (κ2) is 3.55. The lowest BCUT2D eigenvalue weighted by Gasteiger charge is -2.21. The van der Waals surface area contributed by atoms with Gasteiger partial charge in [0.25, 0.3) is 0 Å². The molecule has 1 aliphatic rings. The molecule has 0 aromatic carbocycles. The third-order valence-corrected chi connectivity index (χ3v) is 3.25. The Kier molecular flexibility index (Phi) is 2.95. The molecule has 1 rings (SSSR count). The summed E-state index contributed by atoms with van der Waals surface area (Å²) in [5.74, 6) is -0.658. The van der Waals surface area contributed by atoms with Gasteiger partial charge in [-0.1, -0.05) is 22.6 Å². The van der Waals surface area contributed by atoms with Crippen LogP contribution in [-0.4, -0.2) is 15.0 Å². The molecule has 1 fully saturated rings. The Morgan fingerprint density at radius 3 is 2.20 bits per heavy atom. The minimum absolute atomic E-state index is 0.0500. The van der Waals surface area contributed by atoms with Crippen molar-refractivity contribution in [1.29, 1.82) is 0 Å². The van der Waals surface area contributed by atoms with Crippen molar-refractivity contribution in [3.63, 3.8) is 0 Å². The van der Waals surface area contributed by atoms with Crippen LogP contribution in [0, 0.1) is 5.92 Å². The van der Waals surface area contributed by atoms with Gasteiger partial charge in [0.2, 0.25) is 0 Å². The zero-order valence-corrected chi connectivity index (χ0v) is 7.87. The van der Waals surface area contributed by atoms with Gasteiger partial charge in [-0.15, -0.1) is 0 Å². The monoisotopic (exact) mass is 254 g/mol. The summed E-state index contributed by atoms with van der Waals surface area (Å²) in [7, 11) is 0. The van der Waals surface area contributed by atoms with Gasteiger partial charge in [-0.05, 0) is 25.7 Å². The van der Waals surface area contributed by atoms with Crippen molar-refractivity contribution in [3.8, 4) is 0 Å². The maximum Gasteiger partial charge on any atom is 0.306 e. The van der Waals surface area contributed by atoms with E-state index in [1.54, 1.807) is 0 Å².